The van der Waals surface area contributed by atoms with Crippen LogP contribution in [0.5, 0.6) is 0 Å². The number of nitrogens with zero attached hydrogens (tertiary/aromatic N) is 2. The number of nitro groups is 1. The Labute approximate surface area is 107 Å². The highest BCUT2D eigenvalue weighted by molar-refractivity contribution is 6.03. The van der Waals surface area contributed by atoms with E-state index in [0.29, 0.717) is 10.9 Å². The normalized spacial score (nSPS) is 10.4. The minimum Gasteiger partial charge on any atom is -0.465 e. The fourth-order valence-corrected chi connectivity index (χ4v) is 1.84. The first-order valence-electron chi connectivity index (χ1n) is 5.32. The zero-order valence-corrected chi connectivity index (χ0v) is 10.2. The predicted octanol–water partition coefficient (Wildman–Crippen LogP) is 1.23. The molecular weight excluding hydrogens is 252 g/mol. The summed E-state index contributed by atoms with van der Waals surface area (Å²) in [5, 5.41) is 11.1. The van der Waals surface area contributed by atoms with Gasteiger partial charge in [-0.25, -0.2) is 4.79 Å². The summed E-state index contributed by atoms with van der Waals surface area (Å²) in [5.74, 6) is -0.705. The van der Waals surface area contributed by atoms with Crippen LogP contribution in [0.1, 0.15) is 10.4 Å². The minimum absolute atomic E-state index is 0.0179. The molecule has 2 rings (SSSR count). The first-order chi connectivity index (χ1) is 8.95. The van der Waals surface area contributed by atoms with Gasteiger partial charge in [-0.1, -0.05) is 0 Å². The smallest absolute Gasteiger partial charge is 0.338 e. The number of rotatable bonds is 2. The molecule has 0 N–H and O–H groups in total. The van der Waals surface area contributed by atoms with Gasteiger partial charge in [-0.15, -0.1) is 0 Å². The molecular formula is C12H10N2O5. The molecule has 0 amide bonds. The van der Waals surface area contributed by atoms with Crippen molar-refractivity contribution in [3.05, 3.63) is 50.3 Å². The third-order valence-corrected chi connectivity index (χ3v) is 2.85. The lowest BCUT2D eigenvalue weighted by atomic mass is 10.1. The highest BCUT2D eigenvalue weighted by atomic mass is 16.6. The maximum absolute atomic E-state index is 11.7. The molecule has 0 spiro atoms. The van der Waals surface area contributed by atoms with Crippen LogP contribution in [0.15, 0.2) is 29.1 Å². The third kappa shape index (κ3) is 2.05. The fraction of sp³-hybridized carbons (Fsp3) is 0.167. The van der Waals surface area contributed by atoms with E-state index in [9.17, 15) is 19.7 Å². The number of hydrogen-bond donors (Lipinski definition) is 0. The van der Waals surface area contributed by atoms with Crippen molar-refractivity contribution in [1.29, 1.82) is 0 Å². The monoisotopic (exact) mass is 262 g/mol. The summed E-state index contributed by atoms with van der Waals surface area (Å²) in [5.41, 5.74) is -0.0964. The lowest BCUT2D eigenvalue weighted by Crippen LogP contribution is -2.19. The van der Waals surface area contributed by atoms with E-state index in [1.165, 1.54) is 36.9 Å². The van der Waals surface area contributed by atoms with Crippen molar-refractivity contribution in [3.8, 4) is 0 Å². The number of aryl methyl sites for hydroxylation is 1. The van der Waals surface area contributed by atoms with E-state index in [-0.39, 0.29) is 16.8 Å². The van der Waals surface area contributed by atoms with Gasteiger partial charge in [-0.2, -0.15) is 0 Å². The van der Waals surface area contributed by atoms with E-state index >= 15 is 0 Å². The number of nitro benzene ring substituents is 1. The molecule has 0 atom stereocenters. The van der Waals surface area contributed by atoms with Crippen LogP contribution < -0.4 is 5.56 Å². The Bertz CT molecular complexity index is 748. The molecule has 7 nitrogen and oxygen atoms in total. The number of methoxy groups -OCH3 is 1. The zero-order valence-electron chi connectivity index (χ0n) is 10.2. The molecule has 2 aromatic rings. The second kappa shape index (κ2) is 4.52. The number of aromatic nitrogens is 1. The number of carbonyl (C=O) groups is 1. The molecule has 0 bridgehead atoms. The van der Waals surface area contributed by atoms with E-state index in [2.05, 4.69) is 4.74 Å². The highest BCUT2D eigenvalue weighted by Gasteiger charge is 2.16. The number of esters is 1. The number of fused-ring (bicyclic) bond motifs is 1. The Morgan fingerprint density at radius 1 is 1.37 bits per heavy atom. The van der Waals surface area contributed by atoms with Crippen molar-refractivity contribution in [1.82, 2.24) is 4.57 Å². The Balaban J connectivity index is 2.90. The highest BCUT2D eigenvalue weighted by Crippen LogP contribution is 2.23. The van der Waals surface area contributed by atoms with Gasteiger partial charge in [0.05, 0.1) is 23.1 Å². The van der Waals surface area contributed by atoms with Gasteiger partial charge in [0.15, 0.2) is 0 Å². The van der Waals surface area contributed by atoms with Gasteiger partial charge < -0.3 is 9.30 Å². The fourth-order valence-electron chi connectivity index (χ4n) is 1.84. The number of non-ortho nitro benzene ring substituents is 1. The molecule has 0 aliphatic carbocycles. The summed E-state index contributed by atoms with van der Waals surface area (Å²) in [7, 11) is 2.71. The van der Waals surface area contributed by atoms with E-state index in [1.54, 1.807) is 0 Å². The topological polar surface area (TPSA) is 91.4 Å². The average Bonchev–Trinajstić information content (AvgIpc) is 2.41. The molecule has 0 aliphatic heterocycles. The van der Waals surface area contributed by atoms with Crippen molar-refractivity contribution in [2.24, 2.45) is 7.05 Å². The second-order valence-corrected chi connectivity index (χ2v) is 3.91. The number of pyridine rings is 1. The number of benzene rings is 1. The van der Waals surface area contributed by atoms with Gasteiger partial charge in [0.1, 0.15) is 0 Å². The van der Waals surface area contributed by atoms with Gasteiger partial charge >= 0.3 is 5.97 Å². The SMILES string of the molecule is COC(=O)c1cc(=O)n(C)c2ccc([N+](=O)[O-])cc12. The standard InChI is InChI=1S/C12H10N2O5/c1-13-10-4-3-7(14(17)18)5-8(10)9(6-11(13)15)12(16)19-2/h3-6H,1-2H3. The summed E-state index contributed by atoms with van der Waals surface area (Å²) in [4.78, 5) is 33.6. The van der Waals surface area contributed by atoms with E-state index in [1.807, 2.05) is 0 Å². The molecule has 0 aliphatic rings. The molecule has 0 saturated heterocycles. The van der Waals surface area contributed by atoms with Crippen LogP contribution in [0.3, 0.4) is 0 Å². The average molecular weight is 262 g/mol. The molecule has 1 aromatic carbocycles. The molecule has 19 heavy (non-hydrogen) atoms. The lowest BCUT2D eigenvalue weighted by Gasteiger charge is -2.08. The summed E-state index contributed by atoms with van der Waals surface area (Å²) in [6, 6.07) is 5.07. The van der Waals surface area contributed by atoms with Crippen LogP contribution in [-0.4, -0.2) is 22.6 Å². The van der Waals surface area contributed by atoms with Crippen molar-refractivity contribution in [3.63, 3.8) is 0 Å². The summed E-state index contributed by atoms with van der Waals surface area (Å²) >= 11 is 0. The Morgan fingerprint density at radius 2 is 2.05 bits per heavy atom. The molecule has 0 saturated carbocycles. The quantitative estimate of drug-likeness (QED) is 0.461. The predicted molar refractivity (Wildman–Crippen MR) is 67.2 cm³/mol. The maximum Gasteiger partial charge on any atom is 0.338 e. The van der Waals surface area contributed by atoms with Crippen molar-refractivity contribution in [2.45, 2.75) is 0 Å². The number of hydrogen-bond acceptors (Lipinski definition) is 5. The van der Waals surface area contributed by atoms with Gasteiger partial charge in [0.2, 0.25) is 0 Å². The summed E-state index contributed by atoms with van der Waals surface area (Å²) in [6.45, 7) is 0. The first kappa shape index (κ1) is 12.7. The van der Waals surface area contributed by atoms with E-state index < -0.39 is 10.9 Å². The maximum atomic E-state index is 11.7. The number of ether oxygens (including phenoxy) is 1. The van der Waals surface area contributed by atoms with Gasteiger partial charge in [-0.05, 0) is 6.07 Å². The third-order valence-electron chi connectivity index (χ3n) is 2.85. The van der Waals surface area contributed by atoms with Crippen LogP contribution in [0.4, 0.5) is 5.69 Å². The summed E-state index contributed by atoms with van der Waals surface area (Å²) < 4.78 is 5.89. The van der Waals surface area contributed by atoms with Crippen LogP contribution in [0.2, 0.25) is 0 Å². The molecule has 1 heterocycles. The molecule has 1 aromatic heterocycles. The minimum atomic E-state index is -0.705. The zero-order chi connectivity index (χ0) is 14.2. The van der Waals surface area contributed by atoms with E-state index in [0.717, 1.165) is 6.07 Å². The van der Waals surface area contributed by atoms with Crippen LogP contribution in [0, 0.1) is 10.1 Å². The largest absolute Gasteiger partial charge is 0.465 e. The number of carbonyl (C=O) groups excluding carboxylic acids is 1. The molecule has 0 fully saturated rings. The molecule has 98 valence electrons. The van der Waals surface area contributed by atoms with Crippen molar-refractivity contribution in [2.75, 3.05) is 7.11 Å². The first-order valence-corrected chi connectivity index (χ1v) is 5.32. The van der Waals surface area contributed by atoms with E-state index in [4.69, 9.17) is 0 Å². The molecule has 0 unspecified atom stereocenters. The Kier molecular flexibility index (Phi) is 3.04. The van der Waals surface area contributed by atoms with Crippen LogP contribution in [0.25, 0.3) is 10.9 Å². The second-order valence-electron chi connectivity index (χ2n) is 3.91. The van der Waals surface area contributed by atoms with Gasteiger partial charge in [-0.3, -0.25) is 14.9 Å². The van der Waals surface area contributed by atoms with Gasteiger partial charge in [0.25, 0.3) is 11.2 Å². The molecule has 0 radical (unpaired) electrons. The summed E-state index contributed by atoms with van der Waals surface area (Å²) in [6.07, 6.45) is 0. The lowest BCUT2D eigenvalue weighted by molar-refractivity contribution is -0.384. The Hall–Kier alpha value is -2.70. The Morgan fingerprint density at radius 3 is 2.63 bits per heavy atom. The van der Waals surface area contributed by atoms with Crippen molar-refractivity contribution < 1.29 is 14.5 Å². The van der Waals surface area contributed by atoms with Gasteiger partial charge in [0, 0.05) is 30.6 Å². The molecule has 7 heteroatoms. The van der Waals surface area contributed by atoms with Crippen LogP contribution in [-0.2, 0) is 11.8 Å². The van der Waals surface area contributed by atoms with Crippen molar-refractivity contribution >= 4 is 22.6 Å². The van der Waals surface area contributed by atoms with Crippen LogP contribution >= 0.6 is 0 Å².